The van der Waals surface area contributed by atoms with E-state index in [1.54, 1.807) is 24.3 Å². The minimum atomic E-state index is -0.760. The summed E-state index contributed by atoms with van der Waals surface area (Å²) in [4.78, 5) is 37.5. The number of carbonyl (C=O) groups is 2. The number of nitrogens with zero attached hydrogens (tertiary/aromatic N) is 2. The first-order chi connectivity index (χ1) is 17.7. The van der Waals surface area contributed by atoms with Crippen LogP contribution in [0.3, 0.4) is 0 Å². The Labute approximate surface area is 213 Å². The number of rotatable bonds is 8. The van der Waals surface area contributed by atoms with Gasteiger partial charge in [0.25, 0.3) is 17.5 Å². The Hall–Kier alpha value is -4.15. The average Bonchev–Trinajstić information content (AvgIpc) is 3.26. The fourth-order valence-electron chi connectivity index (χ4n) is 4.50. The monoisotopic (exact) mass is 506 g/mol. The van der Waals surface area contributed by atoms with Gasteiger partial charge in [-0.3, -0.25) is 30.6 Å². The van der Waals surface area contributed by atoms with Gasteiger partial charge in [0.15, 0.2) is 0 Å². The molecule has 2 amide bonds. The Kier molecular flexibility index (Phi) is 7.61. The second-order valence-corrected chi connectivity index (χ2v) is 9.12. The van der Waals surface area contributed by atoms with Crippen molar-refractivity contribution < 1.29 is 23.6 Å². The number of carbonyl (C=O) groups excluding carboxylic acids is 2. The number of ether oxygens (including phenoxy) is 1. The van der Waals surface area contributed by atoms with Crippen molar-refractivity contribution in [3.05, 3.63) is 110 Å². The van der Waals surface area contributed by atoms with E-state index >= 15 is 0 Å². The van der Waals surface area contributed by atoms with Crippen LogP contribution in [-0.2, 0) is 16.9 Å². The van der Waals surface area contributed by atoms with E-state index in [1.807, 2.05) is 20.2 Å². The maximum atomic E-state index is 13.6. The smallest absolute Gasteiger partial charge is 0.270 e. The van der Waals surface area contributed by atoms with Gasteiger partial charge in [-0.05, 0) is 80.5 Å². The Morgan fingerprint density at radius 1 is 1.03 bits per heavy atom. The second kappa shape index (κ2) is 10.9. The van der Waals surface area contributed by atoms with Crippen molar-refractivity contribution in [2.45, 2.75) is 25.0 Å². The highest BCUT2D eigenvalue weighted by Gasteiger charge is 2.41. The van der Waals surface area contributed by atoms with E-state index in [0.717, 1.165) is 35.7 Å². The molecule has 1 aliphatic rings. The van der Waals surface area contributed by atoms with Crippen LogP contribution in [-0.4, -0.2) is 42.3 Å². The number of non-ortho nitro benzene ring substituents is 1. The molecule has 0 saturated heterocycles. The lowest BCUT2D eigenvalue weighted by Gasteiger charge is -2.31. The van der Waals surface area contributed by atoms with Crippen LogP contribution in [0.1, 0.15) is 50.2 Å². The maximum absolute atomic E-state index is 13.6. The van der Waals surface area contributed by atoms with Crippen molar-refractivity contribution in [2.75, 3.05) is 20.6 Å². The summed E-state index contributed by atoms with van der Waals surface area (Å²) in [6.07, 6.45) is 1.52. The molecule has 0 spiro atoms. The SMILES string of the molecule is CN(C)CCCC1(c2ccc(F)cc2)OCc2cc(C(=O)NNC(=O)c3cccc([N+](=O)[O-])c3)ccc21. The van der Waals surface area contributed by atoms with Crippen LogP contribution in [0.4, 0.5) is 10.1 Å². The fourth-order valence-corrected chi connectivity index (χ4v) is 4.50. The van der Waals surface area contributed by atoms with Crippen molar-refractivity contribution in [3.8, 4) is 0 Å². The number of nitro benzene ring substituents is 1. The number of benzene rings is 3. The third-order valence-electron chi connectivity index (χ3n) is 6.33. The predicted molar refractivity (Wildman–Crippen MR) is 134 cm³/mol. The molecule has 9 nitrogen and oxygen atoms in total. The molecule has 0 radical (unpaired) electrons. The van der Waals surface area contributed by atoms with Gasteiger partial charge in [0.05, 0.1) is 11.5 Å². The first-order valence-corrected chi connectivity index (χ1v) is 11.7. The molecule has 10 heteroatoms. The standard InChI is InChI=1S/C27H27FN4O5/c1-31(2)14-4-13-27(21-8-10-22(28)11-9-21)24-12-7-19(15-20(24)17-37-27)26(34)30-29-25(33)18-5-3-6-23(16-18)32(35)36/h3,5-12,15-16H,4,13-14,17H2,1-2H3,(H,29,33)(H,30,34). The van der Waals surface area contributed by atoms with Crippen LogP contribution in [0.2, 0.25) is 0 Å². The summed E-state index contributed by atoms with van der Waals surface area (Å²) in [6.45, 7) is 1.13. The number of hydrazine groups is 1. The first kappa shape index (κ1) is 25.9. The van der Waals surface area contributed by atoms with E-state index in [9.17, 15) is 24.1 Å². The molecule has 0 saturated carbocycles. The maximum Gasteiger partial charge on any atom is 0.270 e. The normalized spacial score (nSPS) is 16.3. The van der Waals surface area contributed by atoms with E-state index in [4.69, 9.17) is 4.74 Å². The van der Waals surface area contributed by atoms with Crippen LogP contribution in [0.15, 0.2) is 66.7 Å². The summed E-state index contributed by atoms with van der Waals surface area (Å²) in [5, 5.41) is 10.9. The minimum absolute atomic E-state index is 0.0404. The molecule has 0 bridgehead atoms. The summed E-state index contributed by atoms with van der Waals surface area (Å²) >= 11 is 0. The molecule has 3 aromatic carbocycles. The van der Waals surface area contributed by atoms with Gasteiger partial charge in [0.1, 0.15) is 11.4 Å². The van der Waals surface area contributed by atoms with Gasteiger partial charge in [-0.2, -0.15) is 0 Å². The Balaban J connectivity index is 1.52. The molecular weight excluding hydrogens is 479 g/mol. The lowest BCUT2D eigenvalue weighted by atomic mass is 9.81. The van der Waals surface area contributed by atoms with Gasteiger partial charge in [-0.15, -0.1) is 0 Å². The first-order valence-electron chi connectivity index (χ1n) is 11.7. The van der Waals surface area contributed by atoms with Crippen LogP contribution in [0.25, 0.3) is 0 Å². The number of fused-ring (bicyclic) bond motifs is 1. The van der Waals surface area contributed by atoms with E-state index in [0.29, 0.717) is 12.0 Å². The van der Waals surface area contributed by atoms with Gasteiger partial charge in [-0.25, -0.2) is 4.39 Å². The van der Waals surface area contributed by atoms with E-state index in [1.165, 1.54) is 30.3 Å². The summed E-state index contributed by atoms with van der Waals surface area (Å²) < 4.78 is 20.0. The average molecular weight is 507 g/mol. The van der Waals surface area contributed by atoms with Crippen LogP contribution < -0.4 is 10.9 Å². The molecule has 37 heavy (non-hydrogen) atoms. The second-order valence-electron chi connectivity index (χ2n) is 9.12. The molecule has 4 rings (SSSR count). The third kappa shape index (κ3) is 5.65. The highest BCUT2D eigenvalue weighted by atomic mass is 19.1. The number of amides is 2. The van der Waals surface area contributed by atoms with Crippen LogP contribution >= 0.6 is 0 Å². The lowest BCUT2D eigenvalue weighted by Crippen LogP contribution is -2.41. The Morgan fingerprint density at radius 3 is 2.35 bits per heavy atom. The van der Waals surface area contributed by atoms with Crippen molar-refractivity contribution in [2.24, 2.45) is 0 Å². The van der Waals surface area contributed by atoms with E-state index in [2.05, 4.69) is 15.8 Å². The fraction of sp³-hybridized carbons (Fsp3) is 0.259. The molecule has 0 aliphatic carbocycles. The number of hydrogen-bond acceptors (Lipinski definition) is 6. The summed E-state index contributed by atoms with van der Waals surface area (Å²) in [6, 6.07) is 16.7. The van der Waals surface area contributed by atoms with Gasteiger partial charge in [0, 0.05) is 23.3 Å². The molecule has 0 fully saturated rings. The van der Waals surface area contributed by atoms with Gasteiger partial charge < -0.3 is 9.64 Å². The third-order valence-corrected chi connectivity index (χ3v) is 6.33. The molecular formula is C27H27FN4O5. The van der Waals surface area contributed by atoms with Crippen LogP contribution in [0, 0.1) is 15.9 Å². The zero-order valence-corrected chi connectivity index (χ0v) is 20.5. The summed E-state index contributed by atoms with van der Waals surface area (Å²) in [7, 11) is 3.99. The van der Waals surface area contributed by atoms with E-state index in [-0.39, 0.29) is 23.7 Å². The Morgan fingerprint density at radius 2 is 1.70 bits per heavy atom. The van der Waals surface area contributed by atoms with Gasteiger partial charge in [0.2, 0.25) is 0 Å². The lowest BCUT2D eigenvalue weighted by molar-refractivity contribution is -0.384. The van der Waals surface area contributed by atoms with Crippen molar-refractivity contribution in [3.63, 3.8) is 0 Å². The van der Waals surface area contributed by atoms with Crippen molar-refractivity contribution >= 4 is 17.5 Å². The number of hydrogen-bond donors (Lipinski definition) is 2. The molecule has 1 atom stereocenters. The highest BCUT2D eigenvalue weighted by molar-refractivity contribution is 5.99. The molecule has 1 aliphatic heterocycles. The zero-order valence-electron chi connectivity index (χ0n) is 20.5. The molecule has 2 N–H and O–H groups in total. The number of nitro groups is 1. The van der Waals surface area contributed by atoms with Gasteiger partial charge >= 0.3 is 0 Å². The summed E-state index contributed by atoms with van der Waals surface area (Å²) in [5.41, 5.74) is 6.57. The molecule has 0 aromatic heterocycles. The molecule has 1 unspecified atom stereocenters. The number of nitrogens with one attached hydrogen (secondary N) is 2. The zero-order chi connectivity index (χ0) is 26.6. The summed E-state index contributed by atoms with van der Waals surface area (Å²) in [5.74, 6) is -1.56. The Bertz CT molecular complexity index is 1330. The quantitative estimate of drug-likeness (QED) is 0.354. The number of halogens is 1. The predicted octanol–water partition coefficient (Wildman–Crippen LogP) is 3.92. The minimum Gasteiger partial charge on any atom is -0.361 e. The molecule has 1 heterocycles. The van der Waals surface area contributed by atoms with Crippen molar-refractivity contribution in [1.29, 1.82) is 0 Å². The van der Waals surface area contributed by atoms with Crippen LogP contribution in [0.5, 0.6) is 0 Å². The largest absolute Gasteiger partial charge is 0.361 e. The topological polar surface area (TPSA) is 114 Å². The van der Waals surface area contributed by atoms with Gasteiger partial charge in [-0.1, -0.05) is 24.3 Å². The van der Waals surface area contributed by atoms with E-state index < -0.39 is 22.3 Å². The molecule has 3 aromatic rings. The molecule has 192 valence electrons. The van der Waals surface area contributed by atoms with Crippen molar-refractivity contribution in [1.82, 2.24) is 15.8 Å². The highest BCUT2D eigenvalue weighted by Crippen LogP contribution is 2.45.